The molecule has 0 spiro atoms. The Morgan fingerprint density at radius 3 is 2.76 bits per heavy atom. The van der Waals surface area contributed by atoms with Gasteiger partial charge >= 0.3 is 0 Å². The summed E-state index contributed by atoms with van der Waals surface area (Å²) in [6.07, 6.45) is 1.29. The molecule has 2 aromatic rings. The van der Waals surface area contributed by atoms with Gasteiger partial charge in [0, 0.05) is 6.54 Å². The van der Waals surface area contributed by atoms with Crippen molar-refractivity contribution in [3.8, 4) is 11.5 Å². The molecule has 0 unspecified atom stereocenters. The molecule has 0 radical (unpaired) electrons. The fraction of sp³-hybridized carbons (Fsp3) is 0.308. The van der Waals surface area contributed by atoms with Gasteiger partial charge in [-0.2, -0.15) is 5.10 Å². The highest BCUT2D eigenvalue weighted by Crippen LogP contribution is 2.30. The van der Waals surface area contributed by atoms with E-state index in [0.29, 0.717) is 30.4 Å². The maximum absolute atomic E-state index is 12.1. The summed E-state index contributed by atoms with van der Waals surface area (Å²) < 4.78 is 37.7. The molecule has 1 aliphatic heterocycles. The number of benzene rings is 1. The topological polar surface area (TPSA) is 93.3 Å². The minimum Gasteiger partial charge on any atom is -0.486 e. The summed E-state index contributed by atoms with van der Waals surface area (Å²) in [5.41, 5.74) is 1.30. The number of nitrogens with one attached hydrogen (secondary N) is 2. The van der Waals surface area contributed by atoms with Crippen LogP contribution in [-0.4, -0.2) is 31.8 Å². The lowest BCUT2D eigenvalue weighted by Gasteiger charge is -2.18. The summed E-state index contributed by atoms with van der Waals surface area (Å²) in [6, 6.07) is 5.36. The number of rotatable bonds is 4. The molecule has 1 aromatic heterocycles. The van der Waals surface area contributed by atoms with E-state index in [-0.39, 0.29) is 11.4 Å². The van der Waals surface area contributed by atoms with Gasteiger partial charge < -0.3 is 9.47 Å². The summed E-state index contributed by atoms with van der Waals surface area (Å²) >= 11 is 0. The van der Waals surface area contributed by atoms with Gasteiger partial charge in [0.2, 0.25) is 10.0 Å². The first kappa shape index (κ1) is 13.9. The second kappa shape index (κ2) is 5.38. The summed E-state index contributed by atoms with van der Waals surface area (Å²) in [5, 5.41) is 6.33. The molecule has 1 aromatic carbocycles. The first-order chi connectivity index (χ1) is 10.1. The van der Waals surface area contributed by atoms with Crippen molar-refractivity contribution in [2.24, 2.45) is 0 Å². The third kappa shape index (κ3) is 2.86. The Balaban J connectivity index is 1.74. The van der Waals surface area contributed by atoms with E-state index in [4.69, 9.17) is 9.47 Å². The Bertz CT molecular complexity index is 755. The van der Waals surface area contributed by atoms with Gasteiger partial charge in [0.25, 0.3) is 0 Å². The highest BCUT2D eigenvalue weighted by Gasteiger charge is 2.19. The number of aryl methyl sites for hydroxylation is 1. The molecular formula is C13H15N3O4S. The van der Waals surface area contributed by atoms with Gasteiger partial charge in [-0.15, -0.1) is 0 Å². The molecule has 0 fully saturated rings. The van der Waals surface area contributed by atoms with Crippen LogP contribution in [0.1, 0.15) is 11.3 Å². The molecule has 1 aliphatic rings. The normalized spacial score (nSPS) is 14.1. The third-order valence-electron chi connectivity index (χ3n) is 3.15. The van der Waals surface area contributed by atoms with Crippen molar-refractivity contribution in [3.05, 3.63) is 35.7 Å². The number of nitrogens with zero attached hydrogens (tertiary/aromatic N) is 1. The zero-order valence-electron chi connectivity index (χ0n) is 11.4. The van der Waals surface area contributed by atoms with Crippen LogP contribution in [0.4, 0.5) is 0 Å². The molecule has 0 aliphatic carbocycles. The van der Waals surface area contributed by atoms with E-state index in [9.17, 15) is 8.42 Å². The average Bonchev–Trinajstić information content (AvgIpc) is 2.92. The van der Waals surface area contributed by atoms with Crippen LogP contribution < -0.4 is 14.2 Å². The molecule has 7 nitrogen and oxygen atoms in total. The summed E-state index contributed by atoms with van der Waals surface area (Å²) in [4.78, 5) is 0.153. The second-order valence-corrected chi connectivity index (χ2v) is 6.40. The smallest absolute Gasteiger partial charge is 0.244 e. The number of H-pyrrole nitrogens is 1. The molecular weight excluding hydrogens is 294 g/mol. The van der Waals surface area contributed by atoms with Gasteiger partial charge in [-0.25, -0.2) is 13.1 Å². The molecule has 0 saturated heterocycles. The number of ether oxygens (including phenoxy) is 2. The van der Waals surface area contributed by atoms with Gasteiger partial charge in [0.1, 0.15) is 18.1 Å². The summed E-state index contributed by atoms with van der Waals surface area (Å²) in [5.74, 6) is 1.32. The minimum atomic E-state index is -3.58. The van der Waals surface area contributed by atoms with Gasteiger partial charge in [-0.1, -0.05) is 6.07 Å². The molecule has 21 heavy (non-hydrogen) atoms. The van der Waals surface area contributed by atoms with Crippen LogP contribution in [-0.2, 0) is 16.6 Å². The van der Waals surface area contributed by atoms with Crippen LogP contribution in [0.2, 0.25) is 0 Å². The number of hydrogen-bond acceptors (Lipinski definition) is 5. The monoisotopic (exact) mass is 309 g/mol. The van der Waals surface area contributed by atoms with Gasteiger partial charge in [0.05, 0.1) is 11.9 Å². The van der Waals surface area contributed by atoms with Crippen molar-refractivity contribution in [2.75, 3.05) is 13.2 Å². The Labute approximate surface area is 122 Å². The Morgan fingerprint density at radius 2 is 2.05 bits per heavy atom. The highest BCUT2D eigenvalue weighted by molar-refractivity contribution is 7.89. The predicted octanol–water partition coefficient (Wildman–Crippen LogP) is 0.968. The molecule has 112 valence electrons. The number of fused-ring (bicyclic) bond motifs is 1. The van der Waals surface area contributed by atoms with E-state index >= 15 is 0 Å². The van der Waals surface area contributed by atoms with E-state index in [2.05, 4.69) is 14.9 Å². The van der Waals surface area contributed by atoms with Crippen molar-refractivity contribution in [2.45, 2.75) is 18.4 Å². The van der Waals surface area contributed by atoms with Crippen molar-refractivity contribution >= 4 is 10.0 Å². The lowest BCUT2D eigenvalue weighted by atomic mass is 10.2. The van der Waals surface area contributed by atoms with Crippen LogP contribution >= 0.6 is 0 Å². The number of hydrogen-bond donors (Lipinski definition) is 2. The summed E-state index contributed by atoms with van der Waals surface area (Å²) in [6.45, 7) is 2.85. The third-order valence-corrected chi connectivity index (χ3v) is 4.66. The molecule has 2 N–H and O–H groups in total. The fourth-order valence-corrected chi connectivity index (χ4v) is 3.22. The first-order valence-corrected chi connectivity index (χ1v) is 7.93. The van der Waals surface area contributed by atoms with Crippen molar-refractivity contribution in [3.63, 3.8) is 0 Å². The van der Waals surface area contributed by atoms with Crippen molar-refractivity contribution in [1.82, 2.24) is 14.9 Å². The number of aromatic nitrogens is 2. The molecule has 0 bridgehead atoms. The van der Waals surface area contributed by atoms with Crippen molar-refractivity contribution < 1.29 is 17.9 Å². The number of aromatic amines is 1. The SMILES string of the molecule is Cc1[nH]ncc1S(=O)(=O)NCc1ccc2c(c1)OCCO2. The fourth-order valence-electron chi connectivity index (χ4n) is 2.06. The van der Waals surface area contributed by atoms with E-state index < -0.39 is 10.0 Å². The van der Waals surface area contributed by atoms with Crippen LogP contribution in [0.3, 0.4) is 0 Å². The van der Waals surface area contributed by atoms with Gasteiger partial charge in [0.15, 0.2) is 11.5 Å². The standard InChI is InChI=1S/C13H15N3O4S/c1-9-13(8-14-16-9)21(17,18)15-7-10-2-3-11-12(6-10)20-5-4-19-11/h2-3,6,8,15H,4-5,7H2,1H3,(H,14,16). The first-order valence-electron chi connectivity index (χ1n) is 6.44. The minimum absolute atomic E-state index is 0.153. The van der Waals surface area contributed by atoms with Gasteiger partial charge in [-0.3, -0.25) is 5.10 Å². The Hall–Kier alpha value is -2.06. The van der Waals surface area contributed by atoms with Crippen molar-refractivity contribution in [1.29, 1.82) is 0 Å². The predicted molar refractivity (Wildman–Crippen MR) is 74.8 cm³/mol. The summed E-state index contributed by atoms with van der Waals surface area (Å²) in [7, 11) is -3.58. The lowest BCUT2D eigenvalue weighted by molar-refractivity contribution is 0.171. The van der Waals surface area contributed by atoms with Crippen LogP contribution in [0, 0.1) is 6.92 Å². The van der Waals surface area contributed by atoms with E-state index in [0.717, 1.165) is 5.56 Å². The average molecular weight is 309 g/mol. The maximum Gasteiger partial charge on any atom is 0.244 e. The molecule has 0 atom stereocenters. The van der Waals surface area contributed by atoms with E-state index in [1.54, 1.807) is 25.1 Å². The molecule has 0 saturated carbocycles. The Morgan fingerprint density at radius 1 is 1.29 bits per heavy atom. The van der Waals surface area contributed by atoms with E-state index in [1.165, 1.54) is 6.20 Å². The molecule has 2 heterocycles. The zero-order valence-corrected chi connectivity index (χ0v) is 12.2. The maximum atomic E-state index is 12.1. The van der Waals surface area contributed by atoms with Crippen LogP contribution in [0.25, 0.3) is 0 Å². The lowest BCUT2D eigenvalue weighted by Crippen LogP contribution is -2.23. The Kier molecular flexibility index (Phi) is 3.56. The quantitative estimate of drug-likeness (QED) is 0.877. The van der Waals surface area contributed by atoms with Crippen LogP contribution in [0.15, 0.2) is 29.3 Å². The largest absolute Gasteiger partial charge is 0.486 e. The molecule has 8 heteroatoms. The second-order valence-electron chi connectivity index (χ2n) is 4.66. The van der Waals surface area contributed by atoms with Gasteiger partial charge in [-0.05, 0) is 24.6 Å². The van der Waals surface area contributed by atoms with Crippen LogP contribution in [0.5, 0.6) is 11.5 Å². The highest BCUT2D eigenvalue weighted by atomic mass is 32.2. The number of sulfonamides is 1. The molecule has 0 amide bonds. The van der Waals surface area contributed by atoms with E-state index in [1.807, 2.05) is 0 Å². The molecule has 3 rings (SSSR count). The zero-order chi connectivity index (χ0) is 14.9.